The van der Waals surface area contributed by atoms with E-state index in [1.165, 1.54) is 44.9 Å². The molecule has 0 bridgehead atoms. The summed E-state index contributed by atoms with van der Waals surface area (Å²) in [7, 11) is 4.19. The quantitative estimate of drug-likeness (QED) is 0.744. The molecule has 0 unspecified atom stereocenters. The van der Waals surface area contributed by atoms with Gasteiger partial charge in [-0.1, -0.05) is 32.1 Å². The van der Waals surface area contributed by atoms with Crippen LogP contribution >= 0.6 is 0 Å². The predicted molar refractivity (Wildman–Crippen MR) is 83.1 cm³/mol. The Morgan fingerprint density at radius 3 is 2.15 bits per heavy atom. The van der Waals surface area contributed by atoms with Crippen molar-refractivity contribution in [2.75, 3.05) is 33.7 Å². The number of carbonyl (C=O) groups is 1. The van der Waals surface area contributed by atoms with Crippen molar-refractivity contribution >= 4 is 5.97 Å². The van der Waals surface area contributed by atoms with Crippen LogP contribution in [0.25, 0.3) is 0 Å². The zero-order valence-electron chi connectivity index (χ0n) is 13.3. The van der Waals surface area contributed by atoms with Crippen molar-refractivity contribution in [1.82, 2.24) is 9.80 Å². The van der Waals surface area contributed by atoms with Crippen LogP contribution < -0.4 is 0 Å². The van der Waals surface area contributed by atoms with Crippen LogP contribution in [-0.2, 0) is 4.79 Å². The zero-order chi connectivity index (χ0) is 14.8. The van der Waals surface area contributed by atoms with Gasteiger partial charge in [0.05, 0.1) is 6.42 Å². The molecule has 1 rings (SSSR count). The number of nitrogens with zero attached hydrogens (tertiary/aromatic N) is 2. The van der Waals surface area contributed by atoms with Crippen molar-refractivity contribution in [3.63, 3.8) is 0 Å². The average molecular weight is 284 g/mol. The molecule has 0 aromatic rings. The fourth-order valence-corrected chi connectivity index (χ4v) is 3.11. The van der Waals surface area contributed by atoms with Gasteiger partial charge in [0.1, 0.15) is 0 Å². The van der Waals surface area contributed by atoms with Gasteiger partial charge in [0, 0.05) is 12.6 Å². The van der Waals surface area contributed by atoms with Crippen LogP contribution in [0, 0.1) is 0 Å². The molecule has 1 aliphatic rings. The van der Waals surface area contributed by atoms with Crippen molar-refractivity contribution in [3.05, 3.63) is 0 Å². The van der Waals surface area contributed by atoms with Crippen LogP contribution in [0.15, 0.2) is 0 Å². The Kier molecular flexibility index (Phi) is 8.86. The Hall–Kier alpha value is -0.610. The average Bonchev–Trinajstić information content (AvgIpc) is 2.33. The molecule has 0 saturated heterocycles. The van der Waals surface area contributed by atoms with E-state index in [2.05, 4.69) is 23.9 Å². The zero-order valence-corrected chi connectivity index (χ0v) is 13.3. The lowest BCUT2D eigenvalue weighted by atomic mass is 9.95. The highest BCUT2D eigenvalue weighted by molar-refractivity contribution is 5.66. The summed E-state index contributed by atoms with van der Waals surface area (Å²) in [4.78, 5) is 15.5. The van der Waals surface area contributed by atoms with E-state index in [9.17, 15) is 4.79 Å². The molecule has 1 N–H and O–H groups in total. The van der Waals surface area contributed by atoms with Gasteiger partial charge in [-0.15, -0.1) is 0 Å². The molecule has 4 heteroatoms. The summed E-state index contributed by atoms with van der Waals surface area (Å²) in [6.07, 6.45) is 10.6. The van der Waals surface area contributed by atoms with E-state index >= 15 is 0 Å². The number of hydrogen-bond donors (Lipinski definition) is 1. The van der Waals surface area contributed by atoms with E-state index in [1.807, 2.05) is 0 Å². The molecule has 118 valence electrons. The molecule has 1 fully saturated rings. The van der Waals surface area contributed by atoms with E-state index in [0.29, 0.717) is 12.6 Å². The van der Waals surface area contributed by atoms with E-state index in [0.717, 1.165) is 19.5 Å². The number of aliphatic carboxylic acids is 1. The molecule has 0 atom stereocenters. The third kappa shape index (κ3) is 7.85. The number of carboxylic acid groups (broad SMARTS) is 1. The van der Waals surface area contributed by atoms with Gasteiger partial charge in [0.2, 0.25) is 0 Å². The van der Waals surface area contributed by atoms with Gasteiger partial charge in [-0.2, -0.15) is 0 Å². The molecule has 0 radical (unpaired) electrons. The van der Waals surface area contributed by atoms with Gasteiger partial charge in [0.25, 0.3) is 0 Å². The lowest BCUT2D eigenvalue weighted by Crippen LogP contribution is -2.39. The normalized spacial score (nSPS) is 18.2. The summed E-state index contributed by atoms with van der Waals surface area (Å²) in [5, 5.41) is 8.94. The third-order valence-corrected chi connectivity index (χ3v) is 4.25. The van der Waals surface area contributed by atoms with E-state index in [1.54, 1.807) is 0 Å². The van der Waals surface area contributed by atoms with Gasteiger partial charge < -0.3 is 10.0 Å². The van der Waals surface area contributed by atoms with Gasteiger partial charge in [-0.3, -0.25) is 9.69 Å². The Bertz CT molecular complexity index is 261. The maximum absolute atomic E-state index is 10.9. The fraction of sp³-hybridized carbons (Fsp3) is 0.938. The summed E-state index contributed by atoms with van der Waals surface area (Å²) in [6.45, 7) is 2.83. The first-order chi connectivity index (χ1) is 9.59. The van der Waals surface area contributed by atoms with Gasteiger partial charge >= 0.3 is 5.97 Å². The van der Waals surface area contributed by atoms with Crippen LogP contribution in [0.2, 0.25) is 0 Å². The molecule has 20 heavy (non-hydrogen) atoms. The second kappa shape index (κ2) is 10.2. The van der Waals surface area contributed by atoms with Crippen LogP contribution in [0.4, 0.5) is 0 Å². The van der Waals surface area contributed by atoms with Gasteiger partial charge in [-0.05, 0) is 46.4 Å². The van der Waals surface area contributed by atoms with Crippen molar-refractivity contribution in [1.29, 1.82) is 0 Å². The Balaban J connectivity index is 2.46. The number of rotatable bonds is 8. The molecule has 0 spiro atoms. The predicted octanol–water partition coefficient (Wildman–Crippen LogP) is 2.83. The Morgan fingerprint density at radius 2 is 1.60 bits per heavy atom. The maximum Gasteiger partial charge on any atom is 0.304 e. The standard InChI is InChI=1S/C16H32N2O2/c1-17(2)12-8-13-18(14-11-16(19)20)15-9-6-4-3-5-7-10-15/h15H,3-14H2,1-2H3,(H,19,20). The molecule has 1 saturated carbocycles. The van der Waals surface area contributed by atoms with Crippen LogP contribution in [0.3, 0.4) is 0 Å². The molecular weight excluding hydrogens is 252 g/mol. The third-order valence-electron chi connectivity index (χ3n) is 4.25. The van der Waals surface area contributed by atoms with Crippen LogP contribution in [0.5, 0.6) is 0 Å². The first-order valence-corrected chi connectivity index (χ1v) is 8.20. The fourth-order valence-electron chi connectivity index (χ4n) is 3.11. The lowest BCUT2D eigenvalue weighted by molar-refractivity contribution is -0.137. The summed E-state index contributed by atoms with van der Waals surface area (Å²) in [5.74, 6) is -0.673. The number of carboxylic acids is 1. The SMILES string of the molecule is CN(C)CCCN(CCC(=O)O)C1CCCCCCC1. The Morgan fingerprint density at radius 1 is 1.00 bits per heavy atom. The summed E-state index contributed by atoms with van der Waals surface area (Å²) in [5.41, 5.74) is 0. The van der Waals surface area contributed by atoms with Crippen molar-refractivity contribution < 1.29 is 9.90 Å². The minimum Gasteiger partial charge on any atom is -0.481 e. The van der Waals surface area contributed by atoms with E-state index in [-0.39, 0.29) is 6.42 Å². The van der Waals surface area contributed by atoms with Crippen molar-refractivity contribution in [2.45, 2.75) is 63.8 Å². The molecule has 0 aromatic heterocycles. The first-order valence-electron chi connectivity index (χ1n) is 8.20. The van der Waals surface area contributed by atoms with E-state index in [4.69, 9.17) is 5.11 Å². The second-order valence-electron chi connectivity index (χ2n) is 6.34. The molecular formula is C16H32N2O2. The Labute approximate surface area is 124 Å². The highest BCUT2D eigenvalue weighted by Crippen LogP contribution is 2.22. The molecule has 4 nitrogen and oxygen atoms in total. The van der Waals surface area contributed by atoms with Crippen LogP contribution in [0.1, 0.15) is 57.8 Å². The minimum absolute atomic E-state index is 0.276. The highest BCUT2D eigenvalue weighted by atomic mass is 16.4. The molecule has 0 aromatic carbocycles. The molecule has 0 amide bonds. The van der Waals surface area contributed by atoms with Crippen molar-refractivity contribution in [2.24, 2.45) is 0 Å². The first kappa shape index (κ1) is 17.4. The maximum atomic E-state index is 10.9. The molecule has 0 heterocycles. The summed E-state index contributed by atoms with van der Waals surface area (Å²) < 4.78 is 0. The smallest absolute Gasteiger partial charge is 0.304 e. The topological polar surface area (TPSA) is 43.8 Å². The van der Waals surface area contributed by atoms with Crippen molar-refractivity contribution in [3.8, 4) is 0 Å². The minimum atomic E-state index is -0.673. The largest absolute Gasteiger partial charge is 0.481 e. The summed E-state index contributed by atoms with van der Waals surface area (Å²) >= 11 is 0. The van der Waals surface area contributed by atoms with E-state index < -0.39 is 5.97 Å². The lowest BCUT2D eigenvalue weighted by Gasteiger charge is -2.33. The van der Waals surface area contributed by atoms with Crippen LogP contribution in [-0.4, -0.2) is 60.6 Å². The molecule has 1 aliphatic carbocycles. The highest BCUT2D eigenvalue weighted by Gasteiger charge is 2.19. The number of hydrogen-bond acceptors (Lipinski definition) is 3. The van der Waals surface area contributed by atoms with Gasteiger partial charge in [-0.25, -0.2) is 0 Å². The van der Waals surface area contributed by atoms with Gasteiger partial charge in [0.15, 0.2) is 0 Å². The second-order valence-corrected chi connectivity index (χ2v) is 6.34. The summed E-state index contributed by atoms with van der Waals surface area (Å²) in [6, 6.07) is 0.608. The monoisotopic (exact) mass is 284 g/mol. The molecule has 0 aliphatic heterocycles.